The number of para-hydroxylation sites is 1. The first-order chi connectivity index (χ1) is 13.1. The molecule has 3 aromatic heterocycles. The van der Waals surface area contributed by atoms with Crippen molar-refractivity contribution >= 4 is 50.3 Å². The maximum absolute atomic E-state index is 12.4. The Hall–Kier alpha value is -2.38. The second-order valence-corrected chi connectivity index (χ2v) is 8.22. The van der Waals surface area contributed by atoms with E-state index in [4.69, 9.17) is 9.15 Å². The number of aryl methyl sites for hydroxylation is 2. The van der Waals surface area contributed by atoms with Gasteiger partial charge in [-0.05, 0) is 32.4 Å². The lowest BCUT2D eigenvalue weighted by Crippen LogP contribution is -2.05. The summed E-state index contributed by atoms with van der Waals surface area (Å²) in [5, 5.41) is 2.94. The van der Waals surface area contributed by atoms with Crippen molar-refractivity contribution in [3.8, 4) is 0 Å². The minimum atomic E-state index is -0.431. The average Bonchev–Trinajstić information content (AvgIpc) is 3.18. The Bertz CT molecular complexity index is 1150. The highest BCUT2D eigenvalue weighted by atomic mass is 32.2. The van der Waals surface area contributed by atoms with Crippen molar-refractivity contribution < 1.29 is 13.9 Å². The van der Waals surface area contributed by atoms with Gasteiger partial charge in [-0.15, -0.1) is 23.1 Å². The number of thioether (sulfide) groups is 1. The molecule has 7 heteroatoms. The number of hydrogen-bond donors (Lipinski definition) is 0. The Morgan fingerprint density at radius 1 is 1.26 bits per heavy atom. The SMILES string of the molecule is CCOC(=O)c1oc2ccccc2c1CSc1ncnc2sc(C)c(C)c12. The van der Waals surface area contributed by atoms with Crippen LogP contribution in [0.2, 0.25) is 0 Å². The molecular weight excluding hydrogens is 380 g/mol. The second-order valence-electron chi connectivity index (χ2n) is 6.06. The van der Waals surface area contributed by atoms with Gasteiger partial charge in [0.25, 0.3) is 0 Å². The molecule has 5 nitrogen and oxygen atoms in total. The number of fused-ring (bicyclic) bond motifs is 2. The molecule has 0 saturated carbocycles. The quantitative estimate of drug-likeness (QED) is 0.250. The van der Waals surface area contributed by atoms with Gasteiger partial charge in [-0.2, -0.15) is 0 Å². The van der Waals surface area contributed by atoms with Crippen molar-refractivity contribution in [1.82, 2.24) is 9.97 Å². The van der Waals surface area contributed by atoms with E-state index in [2.05, 4.69) is 23.8 Å². The number of aromatic nitrogens is 2. The van der Waals surface area contributed by atoms with Crippen molar-refractivity contribution in [3.63, 3.8) is 0 Å². The molecule has 0 spiro atoms. The van der Waals surface area contributed by atoms with Crippen molar-refractivity contribution in [2.24, 2.45) is 0 Å². The predicted molar refractivity (Wildman–Crippen MR) is 109 cm³/mol. The summed E-state index contributed by atoms with van der Waals surface area (Å²) in [7, 11) is 0. The smallest absolute Gasteiger partial charge is 0.374 e. The minimum absolute atomic E-state index is 0.272. The Kier molecular flexibility index (Phi) is 4.88. The van der Waals surface area contributed by atoms with E-state index in [0.29, 0.717) is 17.9 Å². The van der Waals surface area contributed by atoms with Crippen LogP contribution in [0.25, 0.3) is 21.2 Å². The largest absolute Gasteiger partial charge is 0.460 e. The summed E-state index contributed by atoms with van der Waals surface area (Å²) in [6.45, 7) is 6.29. The van der Waals surface area contributed by atoms with E-state index < -0.39 is 5.97 Å². The van der Waals surface area contributed by atoms with Crippen LogP contribution in [-0.2, 0) is 10.5 Å². The van der Waals surface area contributed by atoms with Crippen molar-refractivity contribution in [3.05, 3.63) is 52.4 Å². The molecule has 0 saturated heterocycles. The van der Waals surface area contributed by atoms with Gasteiger partial charge in [0.15, 0.2) is 0 Å². The van der Waals surface area contributed by atoms with Crippen LogP contribution in [0.3, 0.4) is 0 Å². The molecule has 27 heavy (non-hydrogen) atoms. The molecule has 0 aliphatic heterocycles. The van der Waals surface area contributed by atoms with Crippen LogP contribution in [-0.4, -0.2) is 22.5 Å². The van der Waals surface area contributed by atoms with E-state index in [-0.39, 0.29) is 5.76 Å². The van der Waals surface area contributed by atoms with Gasteiger partial charge in [0.2, 0.25) is 5.76 Å². The van der Waals surface area contributed by atoms with Crippen molar-refractivity contribution in [1.29, 1.82) is 0 Å². The molecule has 3 heterocycles. The van der Waals surface area contributed by atoms with Crippen LogP contribution < -0.4 is 0 Å². The first-order valence-corrected chi connectivity index (χ1v) is 10.4. The van der Waals surface area contributed by atoms with Crippen molar-refractivity contribution in [2.75, 3.05) is 6.61 Å². The van der Waals surface area contributed by atoms with E-state index in [1.807, 2.05) is 24.3 Å². The second kappa shape index (κ2) is 7.32. The number of carbonyl (C=O) groups excluding carboxylic acids is 1. The van der Waals surface area contributed by atoms with Crippen LogP contribution in [0.15, 0.2) is 40.0 Å². The summed E-state index contributed by atoms with van der Waals surface area (Å²) in [6, 6.07) is 7.66. The predicted octanol–water partition coefficient (Wildman–Crippen LogP) is 5.52. The topological polar surface area (TPSA) is 65.2 Å². The number of benzene rings is 1. The van der Waals surface area contributed by atoms with E-state index in [1.165, 1.54) is 10.4 Å². The molecular formula is C20H18N2O3S2. The normalized spacial score (nSPS) is 11.4. The minimum Gasteiger partial charge on any atom is -0.460 e. The number of esters is 1. The molecule has 0 fully saturated rings. The number of thiophene rings is 1. The monoisotopic (exact) mass is 398 g/mol. The Balaban J connectivity index is 1.74. The highest BCUT2D eigenvalue weighted by Gasteiger charge is 2.22. The van der Waals surface area contributed by atoms with E-state index in [1.54, 1.807) is 36.3 Å². The highest BCUT2D eigenvalue weighted by Crippen LogP contribution is 2.37. The fourth-order valence-corrected chi connectivity index (χ4v) is 5.15. The highest BCUT2D eigenvalue weighted by molar-refractivity contribution is 7.98. The third kappa shape index (κ3) is 3.21. The lowest BCUT2D eigenvalue weighted by Gasteiger charge is -2.05. The van der Waals surface area contributed by atoms with Crippen LogP contribution in [0.1, 0.15) is 33.5 Å². The van der Waals surface area contributed by atoms with Crippen LogP contribution in [0, 0.1) is 13.8 Å². The maximum atomic E-state index is 12.4. The molecule has 0 radical (unpaired) electrons. The lowest BCUT2D eigenvalue weighted by molar-refractivity contribution is 0.0491. The Morgan fingerprint density at radius 3 is 2.89 bits per heavy atom. The zero-order valence-electron chi connectivity index (χ0n) is 15.2. The number of furan rings is 1. The Morgan fingerprint density at radius 2 is 2.07 bits per heavy atom. The van der Waals surface area contributed by atoms with Gasteiger partial charge in [-0.3, -0.25) is 0 Å². The first-order valence-electron chi connectivity index (χ1n) is 8.61. The van der Waals surface area contributed by atoms with Gasteiger partial charge >= 0.3 is 5.97 Å². The average molecular weight is 399 g/mol. The molecule has 0 atom stereocenters. The van der Waals surface area contributed by atoms with Crippen molar-refractivity contribution in [2.45, 2.75) is 31.6 Å². The van der Waals surface area contributed by atoms with Crippen LogP contribution in [0.5, 0.6) is 0 Å². The van der Waals surface area contributed by atoms with Crippen LogP contribution in [0.4, 0.5) is 0 Å². The zero-order chi connectivity index (χ0) is 19.0. The summed E-state index contributed by atoms with van der Waals surface area (Å²) in [5.41, 5.74) is 2.73. The van der Waals surface area contributed by atoms with Gasteiger partial charge in [-0.1, -0.05) is 18.2 Å². The van der Waals surface area contributed by atoms with Gasteiger partial charge in [-0.25, -0.2) is 14.8 Å². The van der Waals surface area contributed by atoms with Gasteiger partial charge in [0.1, 0.15) is 21.8 Å². The first kappa shape index (κ1) is 18.0. The van der Waals surface area contributed by atoms with E-state index in [9.17, 15) is 4.79 Å². The summed E-state index contributed by atoms with van der Waals surface area (Å²) in [5.74, 6) is 0.403. The summed E-state index contributed by atoms with van der Waals surface area (Å²) < 4.78 is 11.0. The molecule has 0 aliphatic carbocycles. The maximum Gasteiger partial charge on any atom is 0.374 e. The Labute approximate surface area is 164 Å². The van der Waals surface area contributed by atoms with Gasteiger partial charge in [0, 0.05) is 27.0 Å². The number of nitrogens with zero attached hydrogens (tertiary/aromatic N) is 2. The van der Waals surface area contributed by atoms with E-state index in [0.717, 1.165) is 26.2 Å². The third-order valence-electron chi connectivity index (χ3n) is 4.44. The standard InChI is InChI=1S/C20H18N2O3S2/c1-4-24-20(23)17-14(13-7-5-6-8-15(13)25-17)9-26-18-16-11(2)12(3)27-19(16)22-10-21-18/h5-8,10H,4,9H2,1-3H3. The molecule has 0 aliphatic rings. The fourth-order valence-electron chi connectivity index (χ4n) is 3.00. The molecule has 138 valence electrons. The number of carbonyl (C=O) groups is 1. The number of hydrogen-bond acceptors (Lipinski definition) is 7. The number of ether oxygens (including phenoxy) is 1. The third-order valence-corrected chi connectivity index (χ3v) is 6.57. The van der Waals surface area contributed by atoms with Gasteiger partial charge in [0.05, 0.1) is 6.61 Å². The molecule has 4 rings (SSSR count). The summed E-state index contributed by atoms with van der Waals surface area (Å²) in [6.07, 6.45) is 1.60. The lowest BCUT2D eigenvalue weighted by atomic mass is 10.1. The molecule has 1 aromatic carbocycles. The molecule has 0 amide bonds. The zero-order valence-corrected chi connectivity index (χ0v) is 16.9. The fraction of sp³-hybridized carbons (Fsp3) is 0.250. The molecule has 0 unspecified atom stereocenters. The summed E-state index contributed by atoms with van der Waals surface area (Å²) in [4.78, 5) is 23.5. The van der Waals surface area contributed by atoms with Gasteiger partial charge < -0.3 is 9.15 Å². The molecule has 0 N–H and O–H groups in total. The summed E-state index contributed by atoms with van der Waals surface area (Å²) >= 11 is 3.26. The van der Waals surface area contributed by atoms with Crippen LogP contribution >= 0.6 is 23.1 Å². The molecule has 4 aromatic rings. The molecule has 0 bridgehead atoms. The van der Waals surface area contributed by atoms with E-state index >= 15 is 0 Å². The number of rotatable bonds is 5.